The lowest BCUT2D eigenvalue weighted by Crippen LogP contribution is -3.10. The minimum Gasteiger partial charge on any atom is -0.356 e. The third-order valence-corrected chi connectivity index (χ3v) is 3.58. The first-order valence-corrected chi connectivity index (χ1v) is 6.39. The molecule has 1 aliphatic rings. The van der Waals surface area contributed by atoms with Crippen LogP contribution < -0.4 is 10.2 Å². The molecule has 92 valence electrons. The van der Waals surface area contributed by atoms with Crippen molar-refractivity contribution >= 4 is 5.91 Å². The smallest absolute Gasteiger partial charge is 0.226 e. The predicted molar refractivity (Wildman–Crippen MR) is 67.9 cm³/mol. The largest absolute Gasteiger partial charge is 0.356 e. The van der Waals surface area contributed by atoms with Gasteiger partial charge in [0.2, 0.25) is 5.91 Å². The Balaban J connectivity index is 2.18. The zero-order valence-corrected chi connectivity index (χ0v) is 10.6. The van der Waals surface area contributed by atoms with Crippen molar-refractivity contribution in [1.82, 2.24) is 5.32 Å². The molecule has 0 saturated carbocycles. The van der Waals surface area contributed by atoms with Crippen LogP contribution >= 0.6 is 0 Å². The number of likely N-dealkylation sites (N-methyl/N-ethyl adjacent to an activating group) is 1. The Morgan fingerprint density at radius 1 is 1.47 bits per heavy atom. The standard InChI is InChI=1S/C14H20N2O/c1-3-15-14(17)10-13-12-7-5-4-6-11(12)8-9-16(13)2/h4-7,13H,3,8-10H2,1-2H3,(H,15,17)/p+1/t13-/m1/s1. The molecule has 0 aromatic heterocycles. The Morgan fingerprint density at radius 3 is 3.00 bits per heavy atom. The first kappa shape index (κ1) is 12.1. The van der Waals surface area contributed by atoms with Gasteiger partial charge in [0.15, 0.2) is 0 Å². The molecule has 0 fully saturated rings. The number of rotatable bonds is 3. The quantitative estimate of drug-likeness (QED) is 0.775. The maximum atomic E-state index is 11.7. The van der Waals surface area contributed by atoms with Gasteiger partial charge < -0.3 is 10.2 Å². The molecule has 1 unspecified atom stereocenters. The summed E-state index contributed by atoms with van der Waals surface area (Å²) in [6.45, 7) is 3.79. The first-order chi connectivity index (χ1) is 8.22. The fraction of sp³-hybridized carbons (Fsp3) is 0.500. The summed E-state index contributed by atoms with van der Waals surface area (Å²) in [4.78, 5) is 13.2. The van der Waals surface area contributed by atoms with E-state index in [2.05, 4.69) is 36.6 Å². The molecule has 3 heteroatoms. The van der Waals surface area contributed by atoms with E-state index in [-0.39, 0.29) is 5.91 Å². The molecule has 1 amide bonds. The summed E-state index contributed by atoms with van der Waals surface area (Å²) in [5.41, 5.74) is 2.76. The molecule has 1 aromatic carbocycles. The van der Waals surface area contributed by atoms with E-state index >= 15 is 0 Å². The number of hydrogen-bond donors (Lipinski definition) is 2. The van der Waals surface area contributed by atoms with Gasteiger partial charge in [-0.25, -0.2) is 0 Å². The minimum absolute atomic E-state index is 0.161. The molecular weight excluding hydrogens is 212 g/mol. The van der Waals surface area contributed by atoms with E-state index in [9.17, 15) is 4.79 Å². The summed E-state index contributed by atoms with van der Waals surface area (Å²) in [6.07, 6.45) is 1.71. The van der Waals surface area contributed by atoms with Gasteiger partial charge >= 0.3 is 0 Å². The van der Waals surface area contributed by atoms with E-state index in [0.717, 1.165) is 13.0 Å². The normalized spacial score (nSPS) is 22.9. The fourth-order valence-corrected chi connectivity index (χ4v) is 2.61. The van der Waals surface area contributed by atoms with Crippen molar-refractivity contribution in [1.29, 1.82) is 0 Å². The number of amides is 1. The summed E-state index contributed by atoms with van der Waals surface area (Å²) in [7, 11) is 2.18. The van der Waals surface area contributed by atoms with Crippen LogP contribution in [0, 0.1) is 0 Å². The highest BCUT2D eigenvalue weighted by atomic mass is 16.1. The van der Waals surface area contributed by atoms with Crippen molar-refractivity contribution < 1.29 is 9.69 Å². The van der Waals surface area contributed by atoms with E-state index in [1.54, 1.807) is 0 Å². The number of hydrogen-bond acceptors (Lipinski definition) is 1. The SMILES string of the molecule is CCNC(=O)C[C@@H]1c2ccccc2CC[NH+]1C. The molecule has 2 rings (SSSR count). The van der Waals surface area contributed by atoms with Gasteiger partial charge in [0, 0.05) is 18.5 Å². The van der Waals surface area contributed by atoms with Crippen LogP contribution in [0.15, 0.2) is 24.3 Å². The zero-order chi connectivity index (χ0) is 12.3. The second-order valence-corrected chi connectivity index (χ2v) is 4.76. The van der Waals surface area contributed by atoms with Crippen LogP contribution in [0.25, 0.3) is 0 Å². The number of nitrogens with one attached hydrogen (secondary N) is 2. The molecule has 0 bridgehead atoms. The van der Waals surface area contributed by atoms with Gasteiger partial charge in [0.25, 0.3) is 0 Å². The number of quaternary nitrogens is 1. The molecule has 2 atom stereocenters. The highest BCUT2D eigenvalue weighted by Gasteiger charge is 2.29. The Morgan fingerprint density at radius 2 is 2.24 bits per heavy atom. The zero-order valence-electron chi connectivity index (χ0n) is 10.6. The third-order valence-electron chi connectivity index (χ3n) is 3.58. The summed E-state index contributed by atoms with van der Waals surface area (Å²) in [5.74, 6) is 0.161. The fourth-order valence-electron chi connectivity index (χ4n) is 2.61. The van der Waals surface area contributed by atoms with Crippen LogP contribution in [-0.2, 0) is 11.2 Å². The van der Waals surface area contributed by atoms with Crippen LogP contribution in [0.4, 0.5) is 0 Å². The van der Waals surface area contributed by atoms with Gasteiger partial charge in [-0.15, -0.1) is 0 Å². The Hall–Kier alpha value is -1.35. The van der Waals surface area contributed by atoms with Gasteiger partial charge in [-0.2, -0.15) is 0 Å². The Bertz CT molecular complexity index is 403. The molecule has 0 spiro atoms. The van der Waals surface area contributed by atoms with Crippen LogP contribution in [-0.4, -0.2) is 26.0 Å². The molecule has 0 radical (unpaired) electrons. The van der Waals surface area contributed by atoms with Crippen molar-refractivity contribution in [3.05, 3.63) is 35.4 Å². The molecule has 17 heavy (non-hydrogen) atoms. The monoisotopic (exact) mass is 233 g/mol. The topological polar surface area (TPSA) is 33.5 Å². The average molecular weight is 233 g/mol. The lowest BCUT2D eigenvalue weighted by Gasteiger charge is -2.31. The second-order valence-electron chi connectivity index (χ2n) is 4.76. The van der Waals surface area contributed by atoms with Crippen molar-refractivity contribution in [2.45, 2.75) is 25.8 Å². The summed E-state index contributed by atoms with van der Waals surface area (Å²) < 4.78 is 0. The van der Waals surface area contributed by atoms with Gasteiger partial charge in [0.05, 0.1) is 20.0 Å². The lowest BCUT2D eigenvalue weighted by atomic mass is 9.91. The molecule has 0 aliphatic carbocycles. The van der Waals surface area contributed by atoms with Gasteiger partial charge in [-0.05, 0) is 12.5 Å². The number of carbonyl (C=O) groups is 1. The maximum Gasteiger partial charge on any atom is 0.226 e. The molecule has 2 N–H and O–H groups in total. The minimum atomic E-state index is 0.161. The summed E-state index contributed by atoms with van der Waals surface area (Å²) in [5, 5.41) is 2.89. The van der Waals surface area contributed by atoms with Crippen LogP contribution in [0.3, 0.4) is 0 Å². The van der Waals surface area contributed by atoms with Crippen LogP contribution in [0.2, 0.25) is 0 Å². The molecule has 0 saturated heterocycles. The van der Waals surface area contributed by atoms with E-state index in [1.807, 2.05) is 6.92 Å². The van der Waals surface area contributed by atoms with Gasteiger partial charge in [-0.3, -0.25) is 4.79 Å². The number of fused-ring (bicyclic) bond motifs is 1. The van der Waals surface area contributed by atoms with Crippen LogP contribution in [0.5, 0.6) is 0 Å². The van der Waals surface area contributed by atoms with Crippen molar-refractivity contribution in [2.75, 3.05) is 20.1 Å². The Labute approximate surface area is 103 Å². The average Bonchev–Trinajstić information content (AvgIpc) is 2.33. The molecule has 1 aliphatic heterocycles. The number of carbonyl (C=O) groups excluding carboxylic acids is 1. The molecule has 1 aromatic rings. The van der Waals surface area contributed by atoms with Gasteiger partial charge in [-0.1, -0.05) is 24.3 Å². The lowest BCUT2D eigenvalue weighted by molar-refractivity contribution is -0.914. The summed E-state index contributed by atoms with van der Waals surface area (Å²) in [6, 6.07) is 8.82. The van der Waals surface area contributed by atoms with E-state index in [1.165, 1.54) is 16.0 Å². The third kappa shape index (κ3) is 2.67. The highest BCUT2D eigenvalue weighted by molar-refractivity contribution is 5.76. The van der Waals surface area contributed by atoms with Crippen LogP contribution in [0.1, 0.15) is 30.5 Å². The van der Waals surface area contributed by atoms with E-state index < -0.39 is 0 Å². The van der Waals surface area contributed by atoms with Crippen molar-refractivity contribution in [3.63, 3.8) is 0 Å². The van der Waals surface area contributed by atoms with Gasteiger partial charge in [0.1, 0.15) is 6.04 Å². The molecule has 1 heterocycles. The van der Waals surface area contributed by atoms with Crippen molar-refractivity contribution in [3.8, 4) is 0 Å². The Kier molecular flexibility index (Phi) is 3.79. The maximum absolute atomic E-state index is 11.7. The summed E-state index contributed by atoms with van der Waals surface area (Å²) >= 11 is 0. The van der Waals surface area contributed by atoms with E-state index in [0.29, 0.717) is 19.0 Å². The molecule has 3 nitrogen and oxygen atoms in total. The highest BCUT2D eigenvalue weighted by Crippen LogP contribution is 2.21. The number of benzene rings is 1. The first-order valence-electron chi connectivity index (χ1n) is 6.39. The predicted octanol–water partition coefficient (Wildman–Crippen LogP) is 0.325. The van der Waals surface area contributed by atoms with E-state index in [4.69, 9.17) is 0 Å². The molecular formula is C14H21N2O+. The second kappa shape index (κ2) is 5.32. The van der Waals surface area contributed by atoms with Crippen molar-refractivity contribution in [2.24, 2.45) is 0 Å².